The van der Waals surface area contributed by atoms with Crippen LogP contribution in [0.1, 0.15) is 11.5 Å². The van der Waals surface area contributed by atoms with Gasteiger partial charge in [0.05, 0.1) is 11.2 Å². The fourth-order valence-corrected chi connectivity index (χ4v) is 3.05. The van der Waals surface area contributed by atoms with Crippen molar-refractivity contribution in [3.8, 4) is 0 Å². The predicted octanol–water partition coefficient (Wildman–Crippen LogP) is 0.858. The summed E-state index contributed by atoms with van der Waals surface area (Å²) in [5, 5.41) is 3.00. The molecule has 0 aliphatic rings. The van der Waals surface area contributed by atoms with E-state index < -0.39 is 10.0 Å². The first-order chi connectivity index (χ1) is 9.53. The minimum Gasteiger partial charge on any atom is -0.469 e. The van der Waals surface area contributed by atoms with Crippen molar-refractivity contribution in [2.75, 3.05) is 13.6 Å². The van der Waals surface area contributed by atoms with Gasteiger partial charge < -0.3 is 14.3 Å². The van der Waals surface area contributed by atoms with Gasteiger partial charge in [-0.2, -0.15) is 0 Å². The summed E-state index contributed by atoms with van der Waals surface area (Å²) in [7, 11) is 0.176. The van der Waals surface area contributed by atoms with Crippen LogP contribution in [0.25, 0.3) is 0 Å². The molecule has 0 unspecified atom stereocenters. The van der Waals surface area contributed by atoms with Crippen molar-refractivity contribution in [3.05, 3.63) is 42.1 Å². The number of aryl methyl sites for hydroxylation is 1. The smallest absolute Gasteiger partial charge is 0.242 e. The molecule has 0 spiro atoms. The third-order valence-electron chi connectivity index (χ3n) is 2.99. The largest absolute Gasteiger partial charge is 0.469 e. The van der Waals surface area contributed by atoms with Gasteiger partial charge in [-0.15, -0.1) is 0 Å². The molecule has 0 saturated heterocycles. The molecule has 0 bridgehead atoms. The number of nitrogens with one attached hydrogen (secondary N) is 2. The number of aromatic nitrogens is 1. The Balaban J connectivity index is 2.00. The lowest BCUT2D eigenvalue weighted by atomic mass is 10.3. The molecular weight excluding hydrogens is 278 g/mol. The highest BCUT2D eigenvalue weighted by atomic mass is 32.2. The van der Waals surface area contributed by atoms with Gasteiger partial charge in [-0.25, -0.2) is 13.1 Å². The summed E-state index contributed by atoms with van der Waals surface area (Å²) in [4.78, 5) is 0.282. The van der Waals surface area contributed by atoms with Crippen molar-refractivity contribution in [1.82, 2.24) is 14.6 Å². The zero-order chi connectivity index (χ0) is 14.6. The topological polar surface area (TPSA) is 76.3 Å². The first-order valence-corrected chi connectivity index (χ1v) is 7.83. The van der Waals surface area contributed by atoms with E-state index in [0.717, 1.165) is 11.5 Å². The highest BCUT2D eigenvalue weighted by Gasteiger charge is 2.17. The molecule has 110 valence electrons. The molecule has 2 N–H and O–H groups in total. The van der Waals surface area contributed by atoms with Gasteiger partial charge >= 0.3 is 0 Å². The Morgan fingerprint density at radius 1 is 1.40 bits per heavy atom. The van der Waals surface area contributed by atoms with Gasteiger partial charge in [0.1, 0.15) is 5.76 Å². The van der Waals surface area contributed by atoms with Crippen molar-refractivity contribution in [1.29, 1.82) is 0 Å². The van der Waals surface area contributed by atoms with E-state index in [0.29, 0.717) is 19.5 Å². The van der Waals surface area contributed by atoms with Gasteiger partial charge in [0.25, 0.3) is 0 Å². The molecule has 0 aliphatic carbocycles. The van der Waals surface area contributed by atoms with Gasteiger partial charge in [0, 0.05) is 38.4 Å². The molecule has 0 fully saturated rings. The van der Waals surface area contributed by atoms with E-state index >= 15 is 0 Å². The Morgan fingerprint density at radius 3 is 2.85 bits per heavy atom. The fourth-order valence-electron chi connectivity index (χ4n) is 1.93. The Bertz CT molecular complexity index is 644. The number of furan rings is 1. The molecule has 0 saturated carbocycles. The maximum absolute atomic E-state index is 12.2. The summed E-state index contributed by atoms with van der Waals surface area (Å²) in [6.45, 7) is 0.935. The third-order valence-corrected chi connectivity index (χ3v) is 4.42. The normalized spacial score (nSPS) is 11.9. The zero-order valence-electron chi connectivity index (χ0n) is 11.6. The van der Waals surface area contributed by atoms with Crippen LogP contribution in [0.2, 0.25) is 0 Å². The van der Waals surface area contributed by atoms with E-state index in [9.17, 15) is 8.42 Å². The van der Waals surface area contributed by atoms with Gasteiger partial charge in [0.15, 0.2) is 0 Å². The monoisotopic (exact) mass is 297 g/mol. The van der Waals surface area contributed by atoms with Crippen LogP contribution in [0.3, 0.4) is 0 Å². The Hall–Kier alpha value is -1.57. The third kappa shape index (κ3) is 3.50. The molecule has 0 amide bonds. The summed E-state index contributed by atoms with van der Waals surface area (Å²) in [6, 6.07) is 5.28. The molecule has 6 nitrogen and oxygen atoms in total. The van der Waals surface area contributed by atoms with Gasteiger partial charge in [-0.1, -0.05) is 0 Å². The number of sulfonamides is 1. The second kappa shape index (κ2) is 6.25. The second-order valence-corrected chi connectivity index (χ2v) is 6.30. The standard InChI is InChI=1S/C13H19N3O3S/c1-14-9-11-8-13(10-16(11)2)20(17,18)15-6-5-12-4-3-7-19-12/h3-4,7-8,10,14-15H,5-6,9H2,1-2H3. The summed E-state index contributed by atoms with van der Waals surface area (Å²) in [5.41, 5.74) is 0.916. The molecule has 0 atom stereocenters. The zero-order valence-corrected chi connectivity index (χ0v) is 12.4. The molecule has 20 heavy (non-hydrogen) atoms. The summed E-state index contributed by atoms with van der Waals surface area (Å²) >= 11 is 0. The predicted molar refractivity (Wildman–Crippen MR) is 75.8 cm³/mol. The van der Waals surface area contributed by atoms with Crippen molar-refractivity contribution >= 4 is 10.0 Å². The van der Waals surface area contributed by atoms with Crippen LogP contribution in [-0.4, -0.2) is 26.6 Å². The van der Waals surface area contributed by atoms with E-state index in [2.05, 4.69) is 10.0 Å². The van der Waals surface area contributed by atoms with Gasteiger partial charge in [0.2, 0.25) is 10.0 Å². The van der Waals surface area contributed by atoms with E-state index in [4.69, 9.17) is 4.42 Å². The molecule has 0 aromatic carbocycles. The van der Waals surface area contributed by atoms with Crippen molar-refractivity contribution in [2.24, 2.45) is 7.05 Å². The van der Waals surface area contributed by atoms with Crippen molar-refractivity contribution < 1.29 is 12.8 Å². The van der Waals surface area contributed by atoms with Crippen LogP contribution in [0.4, 0.5) is 0 Å². The van der Waals surface area contributed by atoms with E-state index in [1.54, 1.807) is 29.2 Å². The first-order valence-electron chi connectivity index (χ1n) is 6.35. The summed E-state index contributed by atoms with van der Waals surface area (Å²) in [6.07, 6.45) is 3.72. The number of rotatable bonds is 7. The molecular formula is C13H19N3O3S. The van der Waals surface area contributed by atoms with E-state index in [-0.39, 0.29) is 4.90 Å². The molecule has 2 aromatic heterocycles. The fraction of sp³-hybridized carbons (Fsp3) is 0.385. The Morgan fingerprint density at radius 2 is 2.20 bits per heavy atom. The molecule has 0 radical (unpaired) electrons. The average Bonchev–Trinajstić information content (AvgIpc) is 3.01. The minimum absolute atomic E-state index is 0.282. The van der Waals surface area contributed by atoms with Crippen molar-refractivity contribution in [3.63, 3.8) is 0 Å². The first kappa shape index (κ1) is 14.8. The lowest BCUT2D eigenvalue weighted by molar-refractivity contribution is 0.506. The van der Waals surface area contributed by atoms with Crippen LogP contribution in [0.5, 0.6) is 0 Å². The Labute approximate surface area is 118 Å². The van der Waals surface area contributed by atoms with Crippen molar-refractivity contribution in [2.45, 2.75) is 17.9 Å². The number of hydrogen-bond donors (Lipinski definition) is 2. The highest BCUT2D eigenvalue weighted by Crippen LogP contribution is 2.13. The lowest BCUT2D eigenvalue weighted by Crippen LogP contribution is -2.25. The van der Waals surface area contributed by atoms with Crippen LogP contribution < -0.4 is 10.0 Å². The Kier molecular flexibility index (Phi) is 4.64. The lowest BCUT2D eigenvalue weighted by Gasteiger charge is -2.03. The molecule has 2 aromatic rings. The maximum Gasteiger partial charge on any atom is 0.242 e. The maximum atomic E-state index is 12.2. The second-order valence-electron chi connectivity index (χ2n) is 4.54. The molecule has 0 aliphatic heterocycles. The van der Waals surface area contributed by atoms with E-state index in [1.807, 2.05) is 20.2 Å². The van der Waals surface area contributed by atoms with Crippen LogP contribution in [0.15, 0.2) is 40.0 Å². The quantitative estimate of drug-likeness (QED) is 0.794. The van der Waals surface area contributed by atoms with Gasteiger partial charge in [-0.05, 0) is 25.2 Å². The minimum atomic E-state index is -3.47. The van der Waals surface area contributed by atoms with Crippen LogP contribution >= 0.6 is 0 Å². The summed E-state index contributed by atoms with van der Waals surface area (Å²) in [5.74, 6) is 0.761. The average molecular weight is 297 g/mol. The van der Waals surface area contributed by atoms with Crippen LogP contribution in [0, 0.1) is 0 Å². The number of hydrogen-bond acceptors (Lipinski definition) is 4. The molecule has 2 rings (SSSR count). The summed E-state index contributed by atoms with van der Waals surface area (Å²) < 4.78 is 33.8. The molecule has 7 heteroatoms. The van der Waals surface area contributed by atoms with Gasteiger partial charge in [-0.3, -0.25) is 0 Å². The number of nitrogens with zero attached hydrogens (tertiary/aromatic N) is 1. The van der Waals surface area contributed by atoms with E-state index in [1.165, 1.54) is 0 Å². The molecule has 2 heterocycles. The highest BCUT2D eigenvalue weighted by molar-refractivity contribution is 7.89. The SMILES string of the molecule is CNCc1cc(S(=O)(=O)NCCc2ccco2)cn1C. The van der Waals surface area contributed by atoms with Crippen LogP contribution in [-0.2, 0) is 30.0 Å².